The molecule has 1 aromatic rings. The maximum absolute atomic E-state index is 14.0. The van der Waals surface area contributed by atoms with E-state index in [1.165, 1.54) is 6.07 Å². The first kappa shape index (κ1) is 20.0. The molecule has 25 heavy (non-hydrogen) atoms. The Morgan fingerprint density at radius 2 is 1.96 bits per heavy atom. The topological polar surface area (TPSA) is 92.7 Å². The molecule has 0 saturated carbocycles. The second-order valence-corrected chi connectivity index (χ2v) is 7.73. The number of rotatable bonds is 6. The summed E-state index contributed by atoms with van der Waals surface area (Å²) in [5.74, 6) is -2.07. The Morgan fingerprint density at radius 3 is 2.44 bits per heavy atom. The van der Waals surface area contributed by atoms with Crippen molar-refractivity contribution < 1.29 is 23.2 Å². The van der Waals surface area contributed by atoms with Crippen LogP contribution in [-0.2, 0) is 15.9 Å². The lowest BCUT2D eigenvalue weighted by Gasteiger charge is -2.42. The maximum atomic E-state index is 14.0. The molecule has 1 aliphatic heterocycles. The van der Waals surface area contributed by atoms with Gasteiger partial charge in [-0.05, 0) is 60.5 Å². The quantitative estimate of drug-likeness (QED) is 0.453. The molecule has 0 radical (unpaired) electrons. The van der Waals surface area contributed by atoms with E-state index in [2.05, 4.69) is 0 Å². The van der Waals surface area contributed by atoms with E-state index >= 15 is 0 Å². The van der Waals surface area contributed by atoms with Crippen molar-refractivity contribution in [3.63, 3.8) is 0 Å². The van der Waals surface area contributed by atoms with Gasteiger partial charge in [0.15, 0.2) is 0 Å². The molecule has 6 nitrogen and oxygen atoms in total. The summed E-state index contributed by atoms with van der Waals surface area (Å²) >= 11 is -2.50. The van der Waals surface area contributed by atoms with Gasteiger partial charge in [0.05, 0.1) is 11.3 Å². The Kier molecular flexibility index (Phi) is 7.06. The van der Waals surface area contributed by atoms with E-state index in [1.807, 2.05) is 0 Å². The molecule has 1 aliphatic rings. The summed E-state index contributed by atoms with van der Waals surface area (Å²) in [6, 6.07) is 6.62. The van der Waals surface area contributed by atoms with Crippen molar-refractivity contribution in [3.05, 3.63) is 35.6 Å². The molecule has 140 valence electrons. The minimum atomic E-state index is -2.50. The van der Waals surface area contributed by atoms with Crippen LogP contribution in [0.25, 0.3) is 0 Å². The summed E-state index contributed by atoms with van der Waals surface area (Å²) in [6.45, 7) is 4.37. The highest BCUT2D eigenvalue weighted by Crippen LogP contribution is 2.33. The van der Waals surface area contributed by atoms with Crippen LogP contribution in [0.2, 0.25) is 0 Å². The molecule has 0 aliphatic carbocycles. The number of nitrogens with zero attached hydrogens (tertiary/aromatic N) is 1. The molecule has 1 aromatic carbocycles. The molecule has 0 aromatic heterocycles. The Labute approximate surface area is 149 Å². The van der Waals surface area contributed by atoms with E-state index in [-0.39, 0.29) is 17.7 Å². The predicted molar refractivity (Wildman–Crippen MR) is 90.9 cm³/mol. The summed E-state index contributed by atoms with van der Waals surface area (Å²) in [5, 5.41) is 7.92. The summed E-state index contributed by atoms with van der Waals surface area (Å²) in [7, 11) is 0. The van der Waals surface area contributed by atoms with Crippen LogP contribution < -0.4 is 5.48 Å². The number of hydrogen-bond acceptors (Lipinski definition) is 5. The average molecular weight is 371 g/mol. The summed E-state index contributed by atoms with van der Waals surface area (Å²) in [4.78, 5) is 13.7. The zero-order chi connectivity index (χ0) is 18.6. The van der Waals surface area contributed by atoms with Gasteiger partial charge in [0.1, 0.15) is 5.82 Å². The number of halogens is 1. The molecule has 1 fully saturated rings. The van der Waals surface area contributed by atoms with Crippen molar-refractivity contribution in [2.45, 2.75) is 38.0 Å². The van der Waals surface area contributed by atoms with E-state index in [1.54, 1.807) is 42.4 Å². The number of nitrogens with one attached hydrogen (secondary N) is 1. The molecule has 0 bridgehead atoms. The number of piperidine rings is 1. The van der Waals surface area contributed by atoms with Gasteiger partial charge < -0.3 is 4.55 Å². The van der Waals surface area contributed by atoms with E-state index in [0.717, 1.165) is 0 Å². The number of carbonyl (C=O) groups excluding carboxylic acids is 1. The minimum Gasteiger partial charge on any atom is -0.771 e. The van der Waals surface area contributed by atoms with Crippen LogP contribution in [0.3, 0.4) is 0 Å². The second-order valence-electron chi connectivity index (χ2n) is 6.73. The van der Waals surface area contributed by atoms with E-state index < -0.39 is 28.3 Å². The second kappa shape index (κ2) is 8.84. The lowest BCUT2D eigenvalue weighted by Crippen LogP contribution is -2.52. The van der Waals surface area contributed by atoms with Crippen molar-refractivity contribution in [2.24, 2.45) is 11.8 Å². The van der Waals surface area contributed by atoms with Gasteiger partial charge in [-0.15, -0.1) is 0 Å². The summed E-state index contributed by atoms with van der Waals surface area (Å²) < 4.78 is 37.6. The fraction of sp³-hybridized carbons (Fsp3) is 0.588. The number of hydroxylamine groups is 1. The molecular formula is C17H24FN2O4S-. The van der Waals surface area contributed by atoms with Gasteiger partial charge in [0.2, 0.25) is 5.91 Å². The molecule has 3 unspecified atom stereocenters. The number of carbonyl (C=O) groups is 1. The van der Waals surface area contributed by atoms with Gasteiger partial charge in [-0.25, -0.2) is 9.87 Å². The van der Waals surface area contributed by atoms with Gasteiger partial charge >= 0.3 is 0 Å². The normalized spacial score (nSPS) is 20.2. The third kappa shape index (κ3) is 4.63. The Morgan fingerprint density at radius 1 is 1.36 bits per heavy atom. The fourth-order valence-corrected chi connectivity index (χ4v) is 4.71. The van der Waals surface area contributed by atoms with Crippen molar-refractivity contribution in [1.29, 1.82) is 0 Å². The van der Waals surface area contributed by atoms with Gasteiger partial charge in [-0.3, -0.25) is 19.1 Å². The third-order valence-corrected chi connectivity index (χ3v) is 5.86. The van der Waals surface area contributed by atoms with Crippen LogP contribution in [0.1, 0.15) is 38.2 Å². The first-order valence-electron chi connectivity index (χ1n) is 8.37. The zero-order valence-electron chi connectivity index (χ0n) is 14.4. The SMILES string of the molecule is CC(C)C(C(=O)NO)C(N1CCC(c2ccccc2F)CC1)S(=O)[O-]. The van der Waals surface area contributed by atoms with Crippen LogP contribution in [-0.4, -0.2) is 43.2 Å². The number of benzene rings is 1. The van der Waals surface area contributed by atoms with Crippen LogP contribution in [0.5, 0.6) is 0 Å². The molecule has 1 heterocycles. The minimum absolute atomic E-state index is 0.0300. The Hall–Kier alpha value is -1.35. The number of likely N-dealkylation sites (tertiary alicyclic amines) is 1. The van der Waals surface area contributed by atoms with Crippen LogP contribution in [0.15, 0.2) is 24.3 Å². The standard InChI is InChI=1S/C17H25FN2O4S/c1-11(2)15(16(21)19-22)17(25(23)24)20-9-7-12(8-10-20)13-5-3-4-6-14(13)18/h3-6,11-12,15,17,22H,7-10H2,1-2H3,(H,19,21)(H,23,24)/p-1. The van der Waals surface area contributed by atoms with Crippen LogP contribution in [0, 0.1) is 17.7 Å². The van der Waals surface area contributed by atoms with Crippen LogP contribution in [0.4, 0.5) is 4.39 Å². The Bertz CT molecular complexity index is 620. The first-order valence-corrected chi connectivity index (χ1v) is 9.51. The van der Waals surface area contributed by atoms with E-state index in [9.17, 15) is 17.9 Å². The first-order chi connectivity index (χ1) is 11.9. The molecule has 1 saturated heterocycles. The van der Waals surface area contributed by atoms with Crippen molar-refractivity contribution in [1.82, 2.24) is 10.4 Å². The highest BCUT2D eigenvalue weighted by Gasteiger charge is 2.38. The molecular weight excluding hydrogens is 347 g/mol. The highest BCUT2D eigenvalue weighted by atomic mass is 32.2. The lowest BCUT2D eigenvalue weighted by atomic mass is 9.87. The molecule has 8 heteroatoms. The van der Waals surface area contributed by atoms with E-state index in [0.29, 0.717) is 31.5 Å². The molecule has 2 N–H and O–H groups in total. The molecule has 2 rings (SSSR count). The van der Waals surface area contributed by atoms with Crippen molar-refractivity contribution in [3.8, 4) is 0 Å². The lowest BCUT2D eigenvalue weighted by molar-refractivity contribution is -0.136. The smallest absolute Gasteiger partial charge is 0.249 e. The van der Waals surface area contributed by atoms with E-state index in [4.69, 9.17) is 5.21 Å². The number of amides is 1. The predicted octanol–water partition coefficient (Wildman–Crippen LogP) is 1.99. The Balaban J connectivity index is 2.14. The molecule has 0 spiro atoms. The summed E-state index contributed by atoms with van der Waals surface area (Å²) in [5.41, 5.74) is 2.22. The maximum Gasteiger partial charge on any atom is 0.249 e. The van der Waals surface area contributed by atoms with Crippen molar-refractivity contribution in [2.75, 3.05) is 13.1 Å². The van der Waals surface area contributed by atoms with Crippen LogP contribution >= 0.6 is 0 Å². The zero-order valence-corrected chi connectivity index (χ0v) is 15.2. The van der Waals surface area contributed by atoms with Gasteiger partial charge in [0, 0.05) is 0 Å². The third-order valence-electron chi connectivity index (χ3n) is 4.87. The van der Waals surface area contributed by atoms with Gasteiger partial charge in [0.25, 0.3) is 0 Å². The average Bonchev–Trinajstić information content (AvgIpc) is 2.59. The molecule has 3 atom stereocenters. The fourth-order valence-electron chi connectivity index (χ4n) is 3.58. The summed E-state index contributed by atoms with van der Waals surface area (Å²) in [6.07, 6.45) is 1.22. The largest absolute Gasteiger partial charge is 0.771 e. The monoisotopic (exact) mass is 371 g/mol. The molecule has 1 amide bonds. The van der Waals surface area contributed by atoms with Gasteiger partial charge in [-0.2, -0.15) is 0 Å². The highest BCUT2D eigenvalue weighted by molar-refractivity contribution is 7.79. The number of hydrogen-bond donors (Lipinski definition) is 2. The van der Waals surface area contributed by atoms with Crippen molar-refractivity contribution >= 4 is 17.0 Å². The van der Waals surface area contributed by atoms with Gasteiger partial charge in [-0.1, -0.05) is 32.0 Å².